The van der Waals surface area contributed by atoms with Crippen LogP contribution in [0.2, 0.25) is 0 Å². The minimum atomic E-state index is -0.987. The van der Waals surface area contributed by atoms with E-state index < -0.39 is 5.97 Å². The van der Waals surface area contributed by atoms with E-state index in [1.807, 2.05) is 0 Å². The van der Waals surface area contributed by atoms with Crippen molar-refractivity contribution in [1.82, 2.24) is 0 Å². The number of carbonyl (C=O) groups is 1. The van der Waals surface area contributed by atoms with E-state index >= 15 is 0 Å². The van der Waals surface area contributed by atoms with Crippen LogP contribution in [0.3, 0.4) is 0 Å². The maximum Gasteiger partial charge on any atom is 0.335 e. The molecule has 0 aliphatic heterocycles. The molecule has 3 N–H and O–H groups in total. The average molecular weight is 207 g/mol. The van der Waals surface area contributed by atoms with Crippen LogP contribution in [0, 0.1) is 5.92 Å². The number of hydrogen-bond donors (Lipinski definition) is 2. The number of carboxylic acids is 1. The fourth-order valence-corrected chi connectivity index (χ4v) is 1.33. The van der Waals surface area contributed by atoms with Gasteiger partial charge in [0.1, 0.15) is 5.75 Å². The zero-order chi connectivity index (χ0) is 10.8. The summed E-state index contributed by atoms with van der Waals surface area (Å²) in [5.41, 5.74) is 6.16. The number of hydrogen-bond acceptors (Lipinski definition) is 3. The second-order valence-electron chi connectivity index (χ2n) is 3.85. The summed E-state index contributed by atoms with van der Waals surface area (Å²) < 4.78 is 5.46. The Hall–Kier alpha value is -1.71. The molecule has 1 fully saturated rings. The smallest absolute Gasteiger partial charge is 0.335 e. The number of benzene rings is 1. The third-order valence-electron chi connectivity index (χ3n) is 2.36. The van der Waals surface area contributed by atoms with Gasteiger partial charge in [-0.1, -0.05) is 0 Å². The summed E-state index contributed by atoms with van der Waals surface area (Å²) in [6.07, 6.45) is 2.40. The average Bonchev–Trinajstić information content (AvgIpc) is 2.97. The Morgan fingerprint density at radius 3 is 2.80 bits per heavy atom. The standard InChI is InChI=1S/C11H13NO3/c12-9-3-8(11(13)14)4-10(5-9)15-6-7-1-2-7/h3-5,7H,1-2,6,12H2,(H,13,14). The van der Waals surface area contributed by atoms with Crippen molar-refractivity contribution >= 4 is 11.7 Å². The van der Waals surface area contributed by atoms with Crippen molar-refractivity contribution < 1.29 is 14.6 Å². The van der Waals surface area contributed by atoms with Crippen molar-refractivity contribution in [2.75, 3.05) is 12.3 Å². The Morgan fingerprint density at radius 1 is 1.47 bits per heavy atom. The first-order valence-corrected chi connectivity index (χ1v) is 4.92. The predicted molar refractivity (Wildman–Crippen MR) is 56.0 cm³/mol. The van der Waals surface area contributed by atoms with Crippen LogP contribution in [0.25, 0.3) is 0 Å². The van der Waals surface area contributed by atoms with Gasteiger partial charge in [-0.25, -0.2) is 4.79 Å². The molecule has 0 saturated heterocycles. The number of anilines is 1. The van der Waals surface area contributed by atoms with Gasteiger partial charge in [0.15, 0.2) is 0 Å². The monoisotopic (exact) mass is 207 g/mol. The second-order valence-corrected chi connectivity index (χ2v) is 3.85. The molecule has 4 heteroatoms. The molecule has 1 saturated carbocycles. The fourth-order valence-electron chi connectivity index (χ4n) is 1.33. The summed E-state index contributed by atoms with van der Waals surface area (Å²) in [7, 11) is 0. The van der Waals surface area contributed by atoms with Crippen molar-refractivity contribution in [2.24, 2.45) is 5.92 Å². The minimum Gasteiger partial charge on any atom is -0.493 e. The summed E-state index contributed by atoms with van der Waals surface area (Å²) in [6.45, 7) is 0.655. The molecule has 80 valence electrons. The molecule has 0 aromatic heterocycles. The molecule has 1 aromatic carbocycles. The first-order valence-electron chi connectivity index (χ1n) is 4.92. The molecule has 0 bridgehead atoms. The van der Waals surface area contributed by atoms with Crippen LogP contribution in [0.4, 0.5) is 5.69 Å². The highest BCUT2D eigenvalue weighted by Gasteiger charge is 2.22. The lowest BCUT2D eigenvalue weighted by molar-refractivity contribution is 0.0696. The number of nitrogens with two attached hydrogens (primary N) is 1. The lowest BCUT2D eigenvalue weighted by atomic mass is 10.2. The zero-order valence-corrected chi connectivity index (χ0v) is 8.27. The van der Waals surface area contributed by atoms with E-state index in [0.717, 1.165) is 0 Å². The van der Waals surface area contributed by atoms with Gasteiger partial charge >= 0.3 is 5.97 Å². The molecular formula is C11H13NO3. The highest BCUT2D eigenvalue weighted by atomic mass is 16.5. The normalized spacial score (nSPS) is 14.9. The van der Waals surface area contributed by atoms with Crippen LogP contribution in [0.5, 0.6) is 5.75 Å². The molecule has 0 spiro atoms. The molecule has 1 aliphatic carbocycles. The Bertz CT molecular complexity index is 385. The summed E-state index contributed by atoms with van der Waals surface area (Å²) in [6, 6.07) is 4.57. The van der Waals surface area contributed by atoms with E-state index in [1.54, 1.807) is 6.07 Å². The largest absolute Gasteiger partial charge is 0.493 e. The van der Waals surface area contributed by atoms with Gasteiger partial charge in [0.25, 0.3) is 0 Å². The quantitative estimate of drug-likeness (QED) is 0.738. The van der Waals surface area contributed by atoms with Gasteiger partial charge in [-0.05, 0) is 30.9 Å². The molecule has 0 unspecified atom stereocenters. The molecule has 0 amide bonds. The highest BCUT2D eigenvalue weighted by Crippen LogP contribution is 2.30. The van der Waals surface area contributed by atoms with Crippen molar-refractivity contribution in [3.8, 4) is 5.75 Å². The van der Waals surface area contributed by atoms with Crippen LogP contribution < -0.4 is 10.5 Å². The van der Waals surface area contributed by atoms with Gasteiger partial charge in [-0.3, -0.25) is 0 Å². The van der Waals surface area contributed by atoms with Crippen LogP contribution in [0.1, 0.15) is 23.2 Å². The predicted octanol–water partition coefficient (Wildman–Crippen LogP) is 1.76. The first-order chi connectivity index (χ1) is 7.15. The minimum absolute atomic E-state index is 0.167. The molecule has 15 heavy (non-hydrogen) atoms. The molecule has 0 heterocycles. The van der Waals surface area contributed by atoms with Gasteiger partial charge < -0.3 is 15.6 Å². The Kier molecular flexibility index (Phi) is 2.49. The number of carboxylic acid groups (broad SMARTS) is 1. The van der Waals surface area contributed by atoms with Crippen LogP contribution >= 0.6 is 0 Å². The van der Waals surface area contributed by atoms with Gasteiger partial charge in [0, 0.05) is 11.8 Å². The van der Waals surface area contributed by atoms with Crippen LogP contribution in [-0.2, 0) is 0 Å². The van der Waals surface area contributed by atoms with E-state index in [1.165, 1.54) is 25.0 Å². The zero-order valence-electron chi connectivity index (χ0n) is 8.27. The summed E-state index contributed by atoms with van der Waals surface area (Å²) in [5, 5.41) is 8.81. The molecular weight excluding hydrogens is 194 g/mol. The lowest BCUT2D eigenvalue weighted by Gasteiger charge is -2.07. The summed E-state index contributed by atoms with van der Waals surface area (Å²) in [4.78, 5) is 10.7. The topological polar surface area (TPSA) is 72.5 Å². The molecule has 4 nitrogen and oxygen atoms in total. The number of nitrogen functional groups attached to an aromatic ring is 1. The van der Waals surface area contributed by atoms with E-state index in [-0.39, 0.29) is 5.56 Å². The van der Waals surface area contributed by atoms with E-state index in [4.69, 9.17) is 15.6 Å². The number of rotatable bonds is 4. The Balaban J connectivity index is 2.10. The Labute approximate surface area is 87.7 Å². The number of ether oxygens (including phenoxy) is 1. The lowest BCUT2D eigenvalue weighted by Crippen LogP contribution is -2.03. The van der Waals surface area contributed by atoms with Crippen molar-refractivity contribution in [3.05, 3.63) is 23.8 Å². The fraction of sp³-hybridized carbons (Fsp3) is 0.364. The molecule has 0 atom stereocenters. The van der Waals surface area contributed by atoms with Gasteiger partial charge in [-0.15, -0.1) is 0 Å². The Morgan fingerprint density at radius 2 is 2.20 bits per heavy atom. The van der Waals surface area contributed by atoms with Crippen molar-refractivity contribution in [2.45, 2.75) is 12.8 Å². The first kappa shape index (κ1) is 9.83. The summed E-state index contributed by atoms with van der Waals surface area (Å²) in [5.74, 6) is 0.192. The highest BCUT2D eigenvalue weighted by molar-refractivity contribution is 5.89. The second kappa shape index (κ2) is 3.81. The van der Waals surface area contributed by atoms with Crippen LogP contribution in [0.15, 0.2) is 18.2 Å². The van der Waals surface area contributed by atoms with Gasteiger partial charge in [-0.2, -0.15) is 0 Å². The summed E-state index contributed by atoms with van der Waals surface area (Å²) >= 11 is 0. The van der Waals surface area contributed by atoms with Crippen LogP contribution in [-0.4, -0.2) is 17.7 Å². The van der Waals surface area contributed by atoms with Gasteiger partial charge in [0.05, 0.1) is 12.2 Å². The molecule has 1 aliphatic rings. The SMILES string of the molecule is Nc1cc(OCC2CC2)cc(C(=O)O)c1. The molecule has 0 radical (unpaired) electrons. The van der Waals surface area contributed by atoms with E-state index in [2.05, 4.69) is 0 Å². The molecule has 1 aromatic rings. The van der Waals surface area contributed by atoms with E-state index in [0.29, 0.717) is 24.0 Å². The third kappa shape index (κ3) is 2.62. The number of aromatic carboxylic acids is 1. The van der Waals surface area contributed by atoms with Gasteiger partial charge in [0.2, 0.25) is 0 Å². The molecule has 2 rings (SSSR count). The maximum atomic E-state index is 10.7. The van der Waals surface area contributed by atoms with Crippen molar-refractivity contribution in [3.63, 3.8) is 0 Å². The maximum absolute atomic E-state index is 10.7. The van der Waals surface area contributed by atoms with Crippen molar-refractivity contribution in [1.29, 1.82) is 0 Å². The third-order valence-corrected chi connectivity index (χ3v) is 2.36. The van der Waals surface area contributed by atoms with E-state index in [9.17, 15) is 4.79 Å².